The van der Waals surface area contributed by atoms with E-state index in [0.717, 1.165) is 12.1 Å². The zero-order chi connectivity index (χ0) is 27.3. The lowest BCUT2D eigenvalue weighted by atomic mass is 9.74. The van der Waals surface area contributed by atoms with Crippen LogP contribution in [-0.4, -0.2) is 54.1 Å². The summed E-state index contributed by atoms with van der Waals surface area (Å²) in [5.74, 6) is -2.79. The van der Waals surface area contributed by atoms with E-state index in [1.807, 2.05) is 0 Å². The number of rotatable bonds is 11. The molecule has 0 amide bonds. The molecule has 1 aliphatic heterocycles. The molecular weight excluding hydrogens is 523 g/mol. The molecule has 0 bridgehead atoms. The van der Waals surface area contributed by atoms with E-state index in [1.165, 1.54) is 25.1 Å². The summed E-state index contributed by atoms with van der Waals surface area (Å²) in [6.45, 7) is 1.14. The number of halogens is 5. The molecule has 0 radical (unpaired) electrons. The third-order valence-electron chi connectivity index (χ3n) is 7.47. The van der Waals surface area contributed by atoms with Gasteiger partial charge in [0.2, 0.25) is 0 Å². The molecule has 1 aliphatic rings. The molecule has 3 aromatic rings. The minimum absolute atomic E-state index is 0.0721. The highest BCUT2D eigenvalue weighted by Crippen LogP contribution is 2.41. The summed E-state index contributed by atoms with van der Waals surface area (Å²) in [5.41, 5.74) is 0.625. The first-order chi connectivity index (χ1) is 18.3. The summed E-state index contributed by atoms with van der Waals surface area (Å²) in [6.07, 6.45) is 1.88. The normalized spacial score (nSPS) is 16.6. The molecule has 10 heteroatoms. The van der Waals surface area contributed by atoms with Crippen LogP contribution >= 0.6 is 11.8 Å². The van der Waals surface area contributed by atoms with E-state index >= 15 is 4.39 Å². The number of ether oxygens (including phenoxy) is 1. The molecule has 38 heavy (non-hydrogen) atoms. The van der Waals surface area contributed by atoms with Crippen molar-refractivity contribution in [3.8, 4) is 5.75 Å². The smallest absolute Gasteiger partial charge is 0.194 e. The molecule has 1 saturated heterocycles. The maximum absolute atomic E-state index is 15.7. The second-order valence-electron chi connectivity index (χ2n) is 9.77. The molecule has 1 N–H and O–H groups in total. The van der Waals surface area contributed by atoms with Gasteiger partial charge in [-0.05, 0) is 74.5 Å². The zero-order valence-corrected chi connectivity index (χ0v) is 22.0. The first-order valence-corrected chi connectivity index (χ1v) is 13.5. The Morgan fingerprint density at radius 2 is 1.84 bits per heavy atom. The molecule has 4 nitrogen and oxygen atoms in total. The van der Waals surface area contributed by atoms with Gasteiger partial charge in [-0.2, -0.15) is 0 Å². The molecule has 1 unspecified atom stereocenters. The Balaban J connectivity index is 1.34. The van der Waals surface area contributed by atoms with Crippen LogP contribution in [-0.2, 0) is 6.67 Å². The number of thioether (sulfide) groups is 1. The van der Waals surface area contributed by atoms with Gasteiger partial charge in [-0.25, -0.2) is 22.0 Å². The monoisotopic (exact) mass is 554 g/mol. The van der Waals surface area contributed by atoms with Gasteiger partial charge < -0.3 is 14.7 Å². The quantitative estimate of drug-likeness (QED) is 0.161. The molecule has 2 heterocycles. The minimum atomic E-state index is -1.47. The van der Waals surface area contributed by atoms with Crippen molar-refractivity contribution in [2.45, 2.75) is 43.4 Å². The van der Waals surface area contributed by atoms with Crippen molar-refractivity contribution >= 4 is 22.7 Å². The number of piperidine rings is 1. The first kappa shape index (κ1) is 28.6. The Bertz CT molecular complexity index is 1230. The summed E-state index contributed by atoms with van der Waals surface area (Å²) in [5, 5.41) is 10.7. The number of nitrogens with zero attached hydrogens (tertiary/aromatic N) is 2. The van der Waals surface area contributed by atoms with Gasteiger partial charge in [0.05, 0.1) is 12.6 Å². The fourth-order valence-corrected chi connectivity index (χ4v) is 6.02. The van der Waals surface area contributed by atoms with E-state index in [4.69, 9.17) is 4.74 Å². The van der Waals surface area contributed by atoms with Crippen LogP contribution in [0.15, 0.2) is 41.4 Å². The molecule has 0 saturated carbocycles. The predicted molar refractivity (Wildman–Crippen MR) is 138 cm³/mol. The molecular formula is C28H31F5N2O2S. The lowest BCUT2D eigenvalue weighted by Crippen LogP contribution is -2.42. The van der Waals surface area contributed by atoms with Crippen molar-refractivity contribution in [1.82, 2.24) is 9.88 Å². The second-order valence-corrected chi connectivity index (χ2v) is 10.9. The summed E-state index contributed by atoms with van der Waals surface area (Å²) < 4.78 is 74.7. The number of aliphatic hydroxyl groups is 1. The van der Waals surface area contributed by atoms with Gasteiger partial charge in [-0.15, -0.1) is 11.8 Å². The Hall–Kier alpha value is -2.43. The van der Waals surface area contributed by atoms with E-state index in [2.05, 4.69) is 9.88 Å². The highest BCUT2D eigenvalue weighted by molar-refractivity contribution is 7.99. The van der Waals surface area contributed by atoms with Crippen LogP contribution in [0, 0.1) is 22.9 Å². The Labute approximate surface area is 223 Å². The summed E-state index contributed by atoms with van der Waals surface area (Å²) in [6, 6.07) is 7.10. The Morgan fingerprint density at radius 1 is 1.13 bits per heavy atom. The van der Waals surface area contributed by atoms with Gasteiger partial charge in [0.25, 0.3) is 0 Å². The molecule has 206 valence electrons. The van der Waals surface area contributed by atoms with E-state index in [9.17, 15) is 22.7 Å². The molecule has 1 aromatic heterocycles. The highest BCUT2D eigenvalue weighted by Gasteiger charge is 2.35. The average molecular weight is 555 g/mol. The fourth-order valence-electron chi connectivity index (χ4n) is 5.06. The van der Waals surface area contributed by atoms with Crippen molar-refractivity contribution in [3.63, 3.8) is 0 Å². The highest BCUT2D eigenvalue weighted by atomic mass is 32.2. The third-order valence-corrected chi connectivity index (χ3v) is 8.43. The second kappa shape index (κ2) is 12.6. The van der Waals surface area contributed by atoms with Crippen molar-refractivity contribution in [1.29, 1.82) is 0 Å². The van der Waals surface area contributed by atoms with Crippen molar-refractivity contribution < 1.29 is 31.8 Å². The molecule has 1 atom stereocenters. The largest absolute Gasteiger partial charge is 0.497 e. The van der Waals surface area contributed by atoms with Gasteiger partial charge in [0, 0.05) is 46.5 Å². The third kappa shape index (κ3) is 6.40. The van der Waals surface area contributed by atoms with Crippen LogP contribution in [0.1, 0.15) is 43.0 Å². The van der Waals surface area contributed by atoms with Crippen LogP contribution in [0.5, 0.6) is 5.75 Å². The lowest BCUT2D eigenvalue weighted by molar-refractivity contribution is 0.0322. The topological polar surface area (TPSA) is 45.6 Å². The average Bonchev–Trinajstić information content (AvgIpc) is 2.94. The number of alkyl halides is 2. The van der Waals surface area contributed by atoms with E-state index < -0.39 is 35.7 Å². The van der Waals surface area contributed by atoms with Crippen molar-refractivity contribution in [3.05, 3.63) is 65.1 Å². The maximum atomic E-state index is 15.7. The van der Waals surface area contributed by atoms with Gasteiger partial charge in [0.15, 0.2) is 17.5 Å². The van der Waals surface area contributed by atoms with Crippen molar-refractivity contribution in [2.75, 3.05) is 39.1 Å². The number of likely N-dealkylation sites (tertiary alicyclic amines) is 1. The van der Waals surface area contributed by atoms with Crippen molar-refractivity contribution in [2.24, 2.45) is 5.41 Å². The molecule has 1 fully saturated rings. The number of methoxy groups -OCH3 is 1. The maximum Gasteiger partial charge on any atom is 0.194 e. The van der Waals surface area contributed by atoms with E-state index in [-0.39, 0.29) is 24.2 Å². The van der Waals surface area contributed by atoms with Crippen LogP contribution < -0.4 is 4.74 Å². The van der Waals surface area contributed by atoms with Crippen LogP contribution in [0.2, 0.25) is 0 Å². The number of pyridine rings is 1. The Morgan fingerprint density at radius 3 is 2.47 bits per heavy atom. The number of aromatic nitrogens is 1. The Kier molecular flexibility index (Phi) is 9.49. The minimum Gasteiger partial charge on any atom is -0.497 e. The molecule has 2 aromatic carbocycles. The first-order valence-electron chi connectivity index (χ1n) is 12.6. The standard InChI is InChI=1S/C28H31F5N2O2S/c1-37-19-2-3-25-21(12-19)26(18(15-29)16-34-25)22(30)4-5-28(17-36)6-8-35(9-7-28)10-11-38-20-13-23(31)27(33)24(32)14-20/h2-3,12-14,16,22,36H,4-11,15,17H2,1H3. The number of aliphatic hydroxyl groups excluding tert-OH is 1. The van der Waals surface area contributed by atoms with E-state index in [1.54, 1.807) is 18.2 Å². The SMILES string of the molecule is COc1ccc2ncc(CF)c(C(F)CCC3(CO)CCN(CCSc4cc(F)c(F)c(F)c4)CC3)c2c1. The summed E-state index contributed by atoms with van der Waals surface area (Å²) >= 11 is 1.24. The van der Waals surface area contributed by atoms with E-state index in [0.29, 0.717) is 66.2 Å². The summed E-state index contributed by atoms with van der Waals surface area (Å²) in [4.78, 5) is 6.76. The van der Waals surface area contributed by atoms with Gasteiger partial charge in [-0.3, -0.25) is 4.98 Å². The van der Waals surface area contributed by atoms with Gasteiger partial charge in [0.1, 0.15) is 18.6 Å². The molecule has 4 rings (SSSR count). The van der Waals surface area contributed by atoms with Gasteiger partial charge >= 0.3 is 0 Å². The lowest BCUT2D eigenvalue weighted by Gasteiger charge is -2.41. The number of hydrogen-bond donors (Lipinski definition) is 1. The molecule has 0 aliphatic carbocycles. The number of benzene rings is 2. The zero-order valence-electron chi connectivity index (χ0n) is 21.2. The van der Waals surface area contributed by atoms with Gasteiger partial charge in [-0.1, -0.05) is 0 Å². The fraction of sp³-hybridized carbons (Fsp3) is 0.464. The summed E-state index contributed by atoms with van der Waals surface area (Å²) in [7, 11) is 1.51. The number of hydrogen-bond acceptors (Lipinski definition) is 5. The van der Waals surface area contributed by atoms with Crippen LogP contribution in [0.25, 0.3) is 10.9 Å². The number of fused-ring (bicyclic) bond motifs is 1. The van der Waals surface area contributed by atoms with Crippen LogP contribution in [0.3, 0.4) is 0 Å². The predicted octanol–water partition coefficient (Wildman–Crippen LogP) is 6.79. The van der Waals surface area contributed by atoms with Crippen LogP contribution in [0.4, 0.5) is 22.0 Å². The molecule has 0 spiro atoms.